The number of rotatable bonds is 4. The summed E-state index contributed by atoms with van der Waals surface area (Å²) in [6.07, 6.45) is 3.07. The molecule has 4 amide bonds. The molecule has 1 unspecified atom stereocenters. The van der Waals surface area contributed by atoms with Gasteiger partial charge in [0.25, 0.3) is 5.91 Å². The Balaban J connectivity index is 1.50. The normalized spacial score (nSPS) is 20.6. The SMILES string of the molecule is Cc1ccc(NC(=O)CN2C(=O)NC(C)(c3ccc4c(c3)CCC4)C2=O)cc1F. The lowest BCUT2D eigenvalue weighted by Crippen LogP contribution is -2.42. The Hall–Kier alpha value is -3.22. The molecule has 29 heavy (non-hydrogen) atoms. The molecule has 2 aliphatic rings. The molecule has 0 bridgehead atoms. The first kappa shape index (κ1) is 19.1. The van der Waals surface area contributed by atoms with E-state index in [1.807, 2.05) is 18.2 Å². The highest BCUT2D eigenvalue weighted by molar-refractivity contribution is 6.10. The number of halogens is 1. The maximum absolute atomic E-state index is 13.7. The number of benzene rings is 2. The Bertz CT molecular complexity index is 1040. The maximum atomic E-state index is 13.7. The lowest BCUT2D eigenvalue weighted by atomic mass is 9.89. The van der Waals surface area contributed by atoms with Gasteiger partial charge in [-0.2, -0.15) is 0 Å². The lowest BCUT2D eigenvalue weighted by Gasteiger charge is -2.23. The summed E-state index contributed by atoms with van der Waals surface area (Å²) in [4.78, 5) is 38.7. The quantitative estimate of drug-likeness (QED) is 0.781. The molecule has 1 aliphatic heterocycles. The zero-order valence-electron chi connectivity index (χ0n) is 16.3. The van der Waals surface area contributed by atoms with Gasteiger partial charge >= 0.3 is 6.03 Å². The second-order valence-electron chi connectivity index (χ2n) is 7.80. The Morgan fingerprint density at radius 3 is 2.69 bits per heavy atom. The molecule has 6 nitrogen and oxygen atoms in total. The summed E-state index contributed by atoms with van der Waals surface area (Å²) in [5, 5.41) is 5.25. The van der Waals surface area contributed by atoms with Crippen LogP contribution in [0.15, 0.2) is 36.4 Å². The molecule has 0 aromatic heterocycles. The van der Waals surface area contributed by atoms with Crippen LogP contribution in [0.1, 0.15) is 35.6 Å². The van der Waals surface area contributed by atoms with Gasteiger partial charge in [0.05, 0.1) is 0 Å². The van der Waals surface area contributed by atoms with Gasteiger partial charge in [0.2, 0.25) is 5.91 Å². The van der Waals surface area contributed by atoms with E-state index in [1.54, 1.807) is 26.0 Å². The first-order chi connectivity index (χ1) is 13.8. The van der Waals surface area contributed by atoms with Gasteiger partial charge in [0.15, 0.2) is 0 Å². The van der Waals surface area contributed by atoms with Crippen LogP contribution in [-0.4, -0.2) is 29.3 Å². The van der Waals surface area contributed by atoms with Crippen molar-refractivity contribution in [3.8, 4) is 0 Å². The Morgan fingerprint density at radius 1 is 1.17 bits per heavy atom. The average molecular weight is 395 g/mol. The number of urea groups is 1. The van der Waals surface area contributed by atoms with Crippen LogP contribution in [0.4, 0.5) is 14.9 Å². The van der Waals surface area contributed by atoms with E-state index in [9.17, 15) is 18.8 Å². The van der Waals surface area contributed by atoms with E-state index >= 15 is 0 Å². The molecule has 1 saturated heterocycles. The number of anilines is 1. The molecule has 0 spiro atoms. The molecule has 7 heteroatoms. The number of amides is 4. The van der Waals surface area contributed by atoms with Crippen molar-refractivity contribution in [3.05, 3.63) is 64.5 Å². The van der Waals surface area contributed by atoms with Gasteiger partial charge in [-0.3, -0.25) is 14.5 Å². The van der Waals surface area contributed by atoms with Crippen molar-refractivity contribution in [3.63, 3.8) is 0 Å². The summed E-state index contributed by atoms with van der Waals surface area (Å²) in [6, 6.07) is 9.53. The third kappa shape index (κ3) is 3.37. The third-order valence-corrected chi connectivity index (χ3v) is 5.71. The van der Waals surface area contributed by atoms with Crippen molar-refractivity contribution in [1.29, 1.82) is 0 Å². The molecule has 1 fully saturated rings. The fourth-order valence-corrected chi connectivity index (χ4v) is 3.93. The molecule has 2 aromatic carbocycles. The van der Waals surface area contributed by atoms with Crippen LogP contribution >= 0.6 is 0 Å². The largest absolute Gasteiger partial charge is 0.325 e. The molecule has 1 aliphatic carbocycles. The van der Waals surface area contributed by atoms with E-state index in [1.165, 1.54) is 17.2 Å². The van der Waals surface area contributed by atoms with Crippen molar-refractivity contribution in [1.82, 2.24) is 10.2 Å². The number of nitrogens with zero attached hydrogens (tertiary/aromatic N) is 1. The summed E-state index contributed by atoms with van der Waals surface area (Å²) in [6.45, 7) is 2.83. The Kier molecular flexibility index (Phi) is 4.61. The number of hydrogen-bond acceptors (Lipinski definition) is 3. The van der Waals surface area contributed by atoms with Gasteiger partial charge in [0.1, 0.15) is 17.9 Å². The highest BCUT2D eigenvalue weighted by Crippen LogP contribution is 2.32. The van der Waals surface area contributed by atoms with E-state index in [0.717, 1.165) is 24.2 Å². The van der Waals surface area contributed by atoms with Crippen molar-refractivity contribution < 1.29 is 18.8 Å². The van der Waals surface area contributed by atoms with Crippen LogP contribution in [0.3, 0.4) is 0 Å². The van der Waals surface area contributed by atoms with Gasteiger partial charge in [-0.05, 0) is 67.5 Å². The van der Waals surface area contributed by atoms with E-state index in [2.05, 4.69) is 10.6 Å². The third-order valence-electron chi connectivity index (χ3n) is 5.71. The smallest absolute Gasteiger partial charge is 0.324 e. The monoisotopic (exact) mass is 395 g/mol. The van der Waals surface area contributed by atoms with Crippen LogP contribution in [0.2, 0.25) is 0 Å². The molecular weight excluding hydrogens is 373 g/mol. The second kappa shape index (κ2) is 6.99. The Morgan fingerprint density at radius 2 is 1.93 bits per heavy atom. The van der Waals surface area contributed by atoms with E-state index in [4.69, 9.17) is 0 Å². The van der Waals surface area contributed by atoms with Crippen molar-refractivity contribution >= 4 is 23.5 Å². The summed E-state index contributed by atoms with van der Waals surface area (Å²) in [7, 11) is 0. The number of nitrogens with one attached hydrogen (secondary N) is 2. The van der Waals surface area contributed by atoms with Gasteiger partial charge in [-0.15, -0.1) is 0 Å². The minimum absolute atomic E-state index is 0.270. The lowest BCUT2D eigenvalue weighted by molar-refractivity contribution is -0.133. The number of fused-ring (bicyclic) bond motifs is 1. The topological polar surface area (TPSA) is 78.5 Å². The second-order valence-corrected chi connectivity index (χ2v) is 7.80. The zero-order chi connectivity index (χ0) is 20.8. The summed E-state index contributed by atoms with van der Waals surface area (Å²) in [5.74, 6) is -1.50. The molecule has 0 radical (unpaired) electrons. The summed E-state index contributed by atoms with van der Waals surface area (Å²) >= 11 is 0. The predicted molar refractivity (Wildman–Crippen MR) is 106 cm³/mol. The highest BCUT2D eigenvalue weighted by atomic mass is 19.1. The maximum Gasteiger partial charge on any atom is 0.325 e. The van der Waals surface area contributed by atoms with E-state index in [0.29, 0.717) is 11.1 Å². The average Bonchev–Trinajstić information content (AvgIpc) is 3.23. The highest BCUT2D eigenvalue weighted by Gasteiger charge is 2.49. The van der Waals surface area contributed by atoms with Gasteiger partial charge in [0, 0.05) is 5.69 Å². The first-order valence-corrected chi connectivity index (χ1v) is 9.60. The molecule has 2 N–H and O–H groups in total. The molecule has 1 atom stereocenters. The Labute approximate surface area is 168 Å². The van der Waals surface area contributed by atoms with E-state index in [-0.39, 0.29) is 5.69 Å². The van der Waals surface area contributed by atoms with Crippen molar-refractivity contribution in [2.24, 2.45) is 0 Å². The molecule has 2 aromatic rings. The van der Waals surface area contributed by atoms with Crippen molar-refractivity contribution in [2.75, 3.05) is 11.9 Å². The fourth-order valence-electron chi connectivity index (χ4n) is 3.93. The van der Waals surface area contributed by atoms with Crippen LogP contribution in [-0.2, 0) is 28.0 Å². The molecule has 0 saturated carbocycles. The number of carbonyl (C=O) groups excluding carboxylic acids is 3. The van der Waals surface area contributed by atoms with Gasteiger partial charge in [-0.25, -0.2) is 9.18 Å². The van der Waals surface area contributed by atoms with Crippen LogP contribution < -0.4 is 10.6 Å². The minimum Gasteiger partial charge on any atom is -0.324 e. The standard InChI is InChI=1S/C22H22FN3O3/c1-13-6-9-17(11-18(13)23)24-19(27)12-26-20(28)22(2,25-21(26)29)16-8-7-14-4-3-5-15(14)10-16/h6-11H,3-5,12H2,1-2H3,(H,24,27)(H,25,29). The van der Waals surface area contributed by atoms with Gasteiger partial charge in [-0.1, -0.05) is 24.3 Å². The number of carbonyl (C=O) groups is 3. The number of hydrogen-bond donors (Lipinski definition) is 2. The number of aryl methyl sites for hydroxylation is 3. The predicted octanol–water partition coefficient (Wildman–Crippen LogP) is 3.03. The van der Waals surface area contributed by atoms with Gasteiger partial charge < -0.3 is 10.6 Å². The van der Waals surface area contributed by atoms with E-state index < -0.39 is 35.7 Å². The first-order valence-electron chi connectivity index (χ1n) is 9.60. The molecule has 1 heterocycles. The zero-order valence-corrected chi connectivity index (χ0v) is 16.3. The molecule has 150 valence electrons. The minimum atomic E-state index is -1.22. The number of imide groups is 1. The fraction of sp³-hybridized carbons (Fsp3) is 0.318. The van der Waals surface area contributed by atoms with Crippen LogP contribution in [0.25, 0.3) is 0 Å². The summed E-state index contributed by atoms with van der Waals surface area (Å²) in [5.41, 5.74) is 2.69. The molecular formula is C22H22FN3O3. The van der Waals surface area contributed by atoms with Crippen LogP contribution in [0.5, 0.6) is 0 Å². The van der Waals surface area contributed by atoms with Crippen molar-refractivity contribution in [2.45, 2.75) is 38.6 Å². The van der Waals surface area contributed by atoms with Crippen LogP contribution in [0, 0.1) is 12.7 Å². The molecule has 4 rings (SSSR count). The summed E-state index contributed by atoms with van der Waals surface area (Å²) < 4.78 is 13.7.